The van der Waals surface area contributed by atoms with E-state index in [9.17, 15) is 4.79 Å². The first-order valence-electron chi connectivity index (χ1n) is 8.34. The van der Waals surface area contributed by atoms with Gasteiger partial charge in [-0.3, -0.25) is 9.89 Å². The largest absolute Gasteiger partial charge is 0.350 e. The van der Waals surface area contributed by atoms with Gasteiger partial charge in [-0.1, -0.05) is 30.3 Å². The van der Waals surface area contributed by atoms with Crippen LogP contribution in [0, 0.1) is 6.92 Å². The smallest absolute Gasteiger partial charge is 0.252 e. The van der Waals surface area contributed by atoms with Crippen LogP contribution in [0.2, 0.25) is 0 Å². The fraction of sp³-hybridized carbons (Fsp3) is 0.316. The van der Waals surface area contributed by atoms with Crippen molar-refractivity contribution in [2.24, 2.45) is 0 Å². The molecule has 0 fully saturated rings. The van der Waals surface area contributed by atoms with Gasteiger partial charge in [0.1, 0.15) is 0 Å². The highest BCUT2D eigenvalue weighted by Gasteiger charge is 2.15. The highest BCUT2D eigenvalue weighted by molar-refractivity contribution is 5.97. The number of nitrogens with zero attached hydrogens (tertiary/aromatic N) is 3. The van der Waals surface area contributed by atoms with E-state index < -0.39 is 0 Å². The molecule has 0 saturated carbocycles. The summed E-state index contributed by atoms with van der Waals surface area (Å²) in [5.74, 6) is -0.116. The Kier molecular flexibility index (Phi) is 5.09. The van der Waals surface area contributed by atoms with Crippen molar-refractivity contribution in [3.8, 4) is 0 Å². The lowest BCUT2D eigenvalue weighted by Crippen LogP contribution is -2.41. The van der Waals surface area contributed by atoms with Crippen molar-refractivity contribution in [2.75, 3.05) is 20.6 Å². The quantitative estimate of drug-likeness (QED) is 0.723. The summed E-state index contributed by atoms with van der Waals surface area (Å²) < 4.78 is 0. The van der Waals surface area contributed by atoms with Crippen molar-refractivity contribution in [2.45, 2.75) is 19.4 Å². The summed E-state index contributed by atoms with van der Waals surface area (Å²) in [6.45, 7) is 2.49. The maximum Gasteiger partial charge on any atom is 0.252 e. The van der Waals surface area contributed by atoms with Crippen LogP contribution in [0.25, 0.3) is 11.0 Å². The molecule has 0 aliphatic carbocycles. The number of carbonyl (C=O) groups excluding carboxylic acids is 1. The van der Waals surface area contributed by atoms with Gasteiger partial charge in [-0.25, -0.2) is 4.98 Å². The second-order valence-corrected chi connectivity index (χ2v) is 6.46. The second kappa shape index (κ2) is 7.44. The number of amides is 1. The number of rotatable bonds is 6. The first-order chi connectivity index (χ1) is 12.0. The Labute approximate surface area is 147 Å². The van der Waals surface area contributed by atoms with Crippen LogP contribution in [0.15, 0.2) is 42.6 Å². The van der Waals surface area contributed by atoms with Crippen molar-refractivity contribution in [3.63, 3.8) is 0 Å². The zero-order chi connectivity index (χ0) is 17.8. The van der Waals surface area contributed by atoms with Gasteiger partial charge in [0.2, 0.25) is 0 Å². The number of pyridine rings is 1. The van der Waals surface area contributed by atoms with E-state index in [0.29, 0.717) is 17.8 Å². The minimum atomic E-state index is -0.116. The fourth-order valence-electron chi connectivity index (χ4n) is 2.78. The molecule has 0 aliphatic heterocycles. The van der Waals surface area contributed by atoms with Crippen molar-refractivity contribution in [3.05, 3.63) is 59.4 Å². The SMILES string of the molecule is Cc1[nH]nc2ncc(C(=O)NCC(Cc3ccccc3)N(C)C)cc12. The van der Waals surface area contributed by atoms with Gasteiger partial charge in [-0.2, -0.15) is 5.10 Å². The van der Waals surface area contributed by atoms with Gasteiger partial charge in [0.05, 0.1) is 5.56 Å². The number of nitrogens with one attached hydrogen (secondary N) is 2. The van der Waals surface area contributed by atoms with E-state index in [0.717, 1.165) is 17.5 Å². The Balaban J connectivity index is 1.67. The van der Waals surface area contributed by atoms with Gasteiger partial charge < -0.3 is 10.2 Å². The molecule has 0 spiro atoms. The monoisotopic (exact) mass is 337 g/mol. The van der Waals surface area contributed by atoms with Gasteiger partial charge in [0, 0.05) is 29.9 Å². The summed E-state index contributed by atoms with van der Waals surface area (Å²) in [5.41, 5.74) is 3.35. The van der Waals surface area contributed by atoms with Crippen LogP contribution in [-0.2, 0) is 6.42 Å². The number of aryl methyl sites for hydroxylation is 1. The predicted octanol–water partition coefficient (Wildman–Crippen LogP) is 2.17. The zero-order valence-corrected chi connectivity index (χ0v) is 14.8. The van der Waals surface area contributed by atoms with Gasteiger partial charge >= 0.3 is 0 Å². The fourth-order valence-corrected chi connectivity index (χ4v) is 2.78. The number of fused-ring (bicyclic) bond motifs is 1. The molecule has 1 aromatic carbocycles. The van der Waals surface area contributed by atoms with Crippen molar-refractivity contribution in [1.82, 2.24) is 25.4 Å². The highest BCUT2D eigenvalue weighted by Crippen LogP contribution is 2.14. The van der Waals surface area contributed by atoms with E-state index in [1.165, 1.54) is 5.56 Å². The number of benzene rings is 1. The molecule has 2 heterocycles. The third kappa shape index (κ3) is 4.03. The Hall–Kier alpha value is -2.73. The average Bonchev–Trinajstić information content (AvgIpc) is 2.99. The molecule has 2 N–H and O–H groups in total. The lowest BCUT2D eigenvalue weighted by molar-refractivity contribution is 0.0941. The van der Waals surface area contributed by atoms with Crippen LogP contribution in [0.5, 0.6) is 0 Å². The maximum atomic E-state index is 12.5. The Morgan fingerprint density at radius 1 is 1.28 bits per heavy atom. The number of aromatic nitrogens is 3. The van der Waals surface area contributed by atoms with Crippen molar-refractivity contribution < 1.29 is 4.79 Å². The molecule has 3 rings (SSSR count). The summed E-state index contributed by atoms with van der Waals surface area (Å²) in [6.07, 6.45) is 2.45. The first kappa shape index (κ1) is 17.1. The Bertz CT molecular complexity index is 857. The third-order valence-corrected chi connectivity index (χ3v) is 4.41. The molecule has 3 aromatic rings. The van der Waals surface area contributed by atoms with E-state index >= 15 is 0 Å². The molecule has 2 aromatic heterocycles. The molecule has 6 nitrogen and oxygen atoms in total. The summed E-state index contributed by atoms with van der Waals surface area (Å²) in [6, 6.07) is 12.4. The molecular weight excluding hydrogens is 314 g/mol. The molecule has 0 saturated heterocycles. The van der Waals surface area contributed by atoms with Gasteiger partial charge in [-0.15, -0.1) is 0 Å². The molecule has 25 heavy (non-hydrogen) atoms. The summed E-state index contributed by atoms with van der Waals surface area (Å²) in [4.78, 5) is 18.9. The Morgan fingerprint density at radius 3 is 2.76 bits per heavy atom. The Morgan fingerprint density at radius 2 is 2.04 bits per heavy atom. The van der Waals surface area contributed by atoms with E-state index in [-0.39, 0.29) is 11.9 Å². The molecular formula is C19H23N5O. The van der Waals surface area contributed by atoms with E-state index in [1.54, 1.807) is 6.20 Å². The van der Waals surface area contributed by atoms with Crippen LogP contribution in [0.4, 0.5) is 0 Å². The first-order valence-corrected chi connectivity index (χ1v) is 8.34. The van der Waals surface area contributed by atoms with E-state index in [2.05, 4.69) is 37.5 Å². The third-order valence-electron chi connectivity index (χ3n) is 4.41. The van der Waals surface area contributed by atoms with Crippen molar-refractivity contribution in [1.29, 1.82) is 0 Å². The van der Waals surface area contributed by atoms with Gasteiger partial charge in [-0.05, 0) is 39.1 Å². The van der Waals surface area contributed by atoms with E-state index in [4.69, 9.17) is 0 Å². The number of hydrogen-bond donors (Lipinski definition) is 2. The predicted molar refractivity (Wildman–Crippen MR) is 98.6 cm³/mol. The van der Waals surface area contributed by atoms with Gasteiger partial charge in [0.25, 0.3) is 5.91 Å². The summed E-state index contributed by atoms with van der Waals surface area (Å²) in [5, 5.41) is 10.9. The minimum Gasteiger partial charge on any atom is -0.350 e. The van der Waals surface area contributed by atoms with Gasteiger partial charge in [0.15, 0.2) is 5.65 Å². The van der Waals surface area contributed by atoms with Crippen LogP contribution in [0.1, 0.15) is 21.6 Å². The number of aromatic amines is 1. The van der Waals surface area contributed by atoms with Crippen LogP contribution >= 0.6 is 0 Å². The number of H-pyrrole nitrogens is 1. The summed E-state index contributed by atoms with van der Waals surface area (Å²) in [7, 11) is 4.06. The molecule has 1 unspecified atom stereocenters. The van der Waals surface area contributed by atoms with Crippen LogP contribution in [0.3, 0.4) is 0 Å². The molecule has 1 atom stereocenters. The van der Waals surface area contributed by atoms with Crippen molar-refractivity contribution >= 4 is 16.9 Å². The molecule has 1 amide bonds. The lowest BCUT2D eigenvalue weighted by atomic mass is 10.1. The molecule has 0 bridgehead atoms. The number of hydrogen-bond acceptors (Lipinski definition) is 4. The highest BCUT2D eigenvalue weighted by atomic mass is 16.1. The second-order valence-electron chi connectivity index (χ2n) is 6.46. The lowest BCUT2D eigenvalue weighted by Gasteiger charge is -2.24. The number of carbonyl (C=O) groups is 1. The standard InChI is InChI=1S/C19H23N5O/c1-13-17-10-15(11-20-18(17)23-22-13)19(25)21-12-16(24(2)3)9-14-7-5-4-6-8-14/h4-8,10-11,16H,9,12H2,1-3H3,(H,21,25)(H,20,22,23). The zero-order valence-electron chi connectivity index (χ0n) is 14.8. The van der Waals surface area contributed by atoms with Crippen LogP contribution in [-0.4, -0.2) is 52.7 Å². The molecule has 6 heteroatoms. The molecule has 0 aliphatic rings. The topological polar surface area (TPSA) is 73.9 Å². The minimum absolute atomic E-state index is 0.116. The maximum absolute atomic E-state index is 12.5. The summed E-state index contributed by atoms with van der Waals surface area (Å²) >= 11 is 0. The molecule has 130 valence electrons. The van der Waals surface area contributed by atoms with E-state index in [1.807, 2.05) is 45.3 Å². The average molecular weight is 337 g/mol. The van der Waals surface area contributed by atoms with Crippen LogP contribution < -0.4 is 5.32 Å². The normalized spacial score (nSPS) is 12.5. The molecule has 0 radical (unpaired) electrons. The number of likely N-dealkylation sites (N-methyl/N-ethyl adjacent to an activating group) is 1.